The van der Waals surface area contributed by atoms with E-state index in [2.05, 4.69) is 25.0 Å². The van der Waals surface area contributed by atoms with Crippen LogP contribution in [0.5, 0.6) is 0 Å². The Morgan fingerprint density at radius 2 is 2.06 bits per heavy atom. The number of anilines is 1. The molecule has 4 heteroatoms. The van der Waals surface area contributed by atoms with Gasteiger partial charge < -0.3 is 5.73 Å². The molecule has 1 heterocycles. The molecule has 17 heavy (non-hydrogen) atoms. The number of nitrogen functional groups attached to an aromatic ring is 1. The molecule has 0 spiro atoms. The maximum Gasteiger partial charge on any atom is 0.129 e. The summed E-state index contributed by atoms with van der Waals surface area (Å²) in [4.78, 5) is 0. The van der Waals surface area contributed by atoms with E-state index in [9.17, 15) is 0 Å². The van der Waals surface area contributed by atoms with Crippen LogP contribution in [0, 0.1) is 0 Å². The molecule has 0 radical (unpaired) electrons. The fourth-order valence-corrected chi connectivity index (χ4v) is 2.23. The van der Waals surface area contributed by atoms with Crippen LogP contribution in [0.2, 0.25) is 5.02 Å². The minimum absolute atomic E-state index is 0.419. The Balaban J connectivity index is 2.48. The zero-order chi connectivity index (χ0) is 12.6. The van der Waals surface area contributed by atoms with E-state index in [1.807, 2.05) is 19.2 Å². The highest BCUT2D eigenvalue weighted by Crippen LogP contribution is 2.31. The normalized spacial score (nSPS) is 11.1. The zero-order valence-corrected chi connectivity index (χ0v) is 11.0. The molecule has 0 aliphatic rings. The highest BCUT2D eigenvalue weighted by Gasteiger charge is 2.10. The van der Waals surface area contributed by atoms with E-state index in [0.29, 0.717) is 11.7 Å². The highest BCUT2D eigenvalue weighted by atomic mass is 35.5. The summed E-state index contributed by atoms with van der Waals surface area (Å²) in [6, 6.07) is 6.04. The lowest BCUT2D eigenvalue weighted by Gasteiger charge is -2.09. The molecule has 2 rings (SSSR count). The third-order valence-corrected chi connectivity index (χ3v) is 3.25. The van der Waals surface area contributed by atoms with Gasteiger partial charge >= 0.3 is 0 Å². The second-order valence-corrected chi connectivity index (χ2v) is 4.87. The molecule has 0 fully saturated rings. The van der Waals surface area contributed by atoms with Gasteiger partial charge in [-0.15, -0.1) is 0 Å². The summed E-state index contributed by atoms with van der Waals surface area (Å²) in [5.41, 5.74) is 9.02. The molecule has 0 bridgehead atoms. The van der Waals surface area contributed by atoms with Gasteiger partial charge in [-0.3, -0.25) is 4.68 Å². The SMILES string of the molecule is CC(C)c1ccc(-c2cnn(C)c2N)cc1Cl. The van der Waals surface area contributed by atoms with Crippen LogP contribution in [0.15, 0.2) is 24.4 Å². The number of nitrogens with zero attached hydrogens (tertiary/aromatic N) is 2. The monoisotopic (exact) mass is 249 g/mol. The van der Waals surface area contributed by atoms with Gasteiger partial charge in [0.25, 0.3) is 0 Å². The summed E-state index contributed by atoms with van der Waals surface area (Å²) in [6.45, 7) is 4.25. The second kappa shape index (κ2) is 4.41. The third kappa shape index (κ3) is 2.15. The molecule has 2 aromatic rings. The van der Waals surface area contributed by atoms with E-state index < -0.39 is 0 Å². The van der Waals surface area contributed by atoms with Gasteiger partial charge in [0.05, 0.1) is 6.20 Å². The Labute approximate surface area is 106 Å². The average Bonchev–Trinajstić information content (AvgIpc) is 2.59. The van der Waals surface area contributed by atoms with Gasteiger partial charge in [0.1, 0.15) is 5.82 Å². The van der Waals surface area contributed by atoms with Gasteiger partial charge in [0.2, 0.25) is 0 Å². The Hall–Kier alpha value is -1.48. The van der Waals surface area contributed by atoms with Crippen molar-refractivity contribution in [2.75, 3.05) is 5.73 Å². The third-order valence-electron chi connectivity index (χ3n) is 2.92. The van der Waals surface area contributed by atoms with Crippen molar-refractivity contribution in [3.8, 4) is 11.1 Å². The molecule has 0 atom stereocenters. The molecule has 1 aromatic carbocycles. The number of hydrogen-bond acceptors (Lipinski definition) is 2. The molecule has 0 amide bonds. The molecular weight excluding hydrogens is 234 g/mol. The molecule has 0 aliphatic heterocycles. The van der Waals surface area contributed by atoms with E-state index in [-0.39, 0.29) is 0 Å². The molecule has 0 unspecified atom stereocenters. The van der Waals surface area contributed by atoms with Crippen LogP contribution < -0.4 is 5.73 Å². The predicted octanol–water partition coefficient (Wildman–Crippen LogP) is 3.45. The summed E-state index contributed by atoms with van der Waals surface area (Å²) in [6.07, 6.45) is 1.76. The van der Waals surface area contributed by atoms with Crippen molar-refractivity contribution < 1.29 is 0 Å². The maximum atomic E-state index is 6.27. The van der Waals surface area contributed by atoms with E-state index in [4.69, 9.17) is 17.3 Å². The summed E-state index contributed by atoms with van der Waals surface area (Å²) in [5.74, 6) is 1.07. The van der Waals surface area contributed by atoms with E-state index in [1.165, 1.54) is 0 Å². The summed E-state index contributed by atoms with van der Waals surface area (Å²) < 4.78 is 1.65. The number of nitrogens with two attached hydrogens (primary N) is 1. The number of aryl methyl sites for hydroxylation is 1. The zero-order valence-electron chi connectivity index (χ0n) is 10.2. The smallest absolute Gasteiger partial charge is 0.129 e. The Bertz CT molecular complexity index is 544. The van der Waals surface area contributed by atoms with Crippen LogP contribution in [0.3, 0.4) is 0 Å². The van der Waals surface area contributed by atoms with Crippen LogP contribution in [-0.2, 0) is 7.05 Å². The first-order chi connectivity index (χ1) is 8.00. The number of benzene rings is 1. The first-order valence-corrected chi connectivity index (χ1v) is 5.95. The van der Waals surface area contributed by atoms with E-state index in [0.717, 1.165) is 21.7 Å². The topological polar surface area (TPSA) is 43.8 Å². The van der Waals surface area contributed by atoms with Crippen LogP contribution in [-0.4, -0.2) is 9.78 Å². The summed E-state index contributed by atoms with van der Waals surface area (Å²) >= 11 is 6.27. The molecular formula is C13H16ClN3. The van der Waals surface area contributed by atoms with Crippen molar-refractivity contribution in [2.24, 2.45) is 7.05 Å². The largest absolute Gasteiger partial charge is 0.383 e. The quantitative estimate of drug-likeness (QED) is 0.886. The second-order valence-electron chi connectivity index (χ2n) is 4.46. The van der Waals surface area contributed by atoms with Crippen molar-refractivity contribution in [1.82, 2.24) is 9.78 Å². The van der Waals surface area contributed by atoms with Gasteiger partial charge in [-0.25, -0.2) is 0 Å². The van der Waals surface area contributed by atoms with E-state index in [1.54, 1.807) is 10.9 Å². The van der Waals surface area contributed by atoms with Crippen LogP contribution in [0.1, 0.15) is 25.3 Å². The lowest BCUT2D eigenvalue weighted by molar-refractivity contribution is 0.779. The molecule has 0 aliphatic carbocycles. The minimum Gasteiger partial charge on any atom is -0.383 e. The Morgan fingerprint density at radius 3 is 2.53 bits per heavy atom. The first kappa shape index (κ1) is 12.0. The number of halogens is 1. The van der Waals surface area contributed by atoms with Gasteiger partial charge in [-0.1, -0.05) is 37.6 Å². The van der Waals surface area contributed by atoms with Crippen LogP contribution >= 0.6 is 11.6 Å². The summed E-state index contributed by atoms with van der Waals surface area (Å²) in [7, 11) is 1.82. The number of aromatic nitrogens is 2. The molecule has 90 valence electrons. The lowest BCUT2D eigenvalue weighted by Crippen LogP contribution is -1.98. The fraction of sp³-hybridized carbons (Fsp3) is 0.308. The molecule has 0 saturated heterocycles. The van der Waals surface area contributed by atoms with Crippen molar-refractivity contribution in [1.29, 1.82) is 0 Å². The van der Waals surface area contributed by atoms with Gasteiger partial charge in [0.15, 0.2) is 0 Å². The predicted molar refractivity (Wildman–Crippen MR) is 72.2 cm³/mol. The minimum atomic E-state index is 0.419. The van der Waals surface area contributed by atoms with Crippen LogP contribution in [0.4, 0.5) is 5.82 Å². The molecule has 3 nitrogen and oxygen atoms in total. The van der Waals surface area contributed by atoms with Gasteiger partial charge in [0, 0.05) is 17.6 Å². The molecule has 2 N–H and O–H groups in total. The average molecular weight is 250 g/mol. The van der Waals surface area contributed by atoms with Crippen LogP contribution in [0.25, 0.3) is 11.1 Å². The molecule has 0 saturated carbocycles. The lowest BCUT2D eigenvalue weighted by atomic mass is 9.99. The standard InChI is InChI=1S/C13H16ClN3/c1-8(2)10-5-4-9(6-12(10)14)11-7-16-17(3)13(11)15/h4-8H,15H2,1-3H3. The van der Waals surface area contributed by atoms with E-state index >= 15 is 0 Å². The van der Waals surface area contributed by atoms with Gasteiger partial charge in [-0.2, -0.15) is 5.10 Å². The Kier molecular flexibility index (Phi) is 3.11. The Morgan fingerprint density at radius 1 is 1.35 bits per heavy atom. The van der Waals surface area contributed by atoms with Crippen molar-refractivity contribution in [3.05, 3.63) is 35.0 Å². The van der Waals surface area contributed by atoms with Crippen molar-refractivity contribution in [2.45, 2.75) is 19.8 Å². The maximum absolute atomic E-state index is 6.27. The van der Waals surface area contributed by atoms with Crippen molar-refractivity contribution in [3.63, 3.8) is 0 Å². The number of hydrogen-bond donors (Lipinski definition) is 1. The summed E-state index contributed by atoms with van der Waals surface area (Å²) in [5, 5.41) is 4.91. The van der Waals surface area contributed by atoms with Gasteiger partial charge in [-0.05, 0) is 23.1 Å². The number of rotatable bonds is 2. The van der Waals surface area contributed by atoms with Crippen molar-refractivity contribution >= 4 is 17.4 Å². The fourth-order valence-electron chi connectivity index (χ4n) is 1.83. The molecule has 1 aromatic heterocycles. The highest BCUT2D eigenvalue weighted by molar-refractivity contribution is 6.31. The first-order valence-electron chi connectivity index (χ1n) is 5.58.